The van der Waals surface area contributed by atoms with E-state index < -0.39 is 47.8 Å². The standard InChI is InChI=1S/C20H28N2O5/c1-13(2)26-18-12-16(14(3)11-17(18)22(24)25)15-7-9-21(10-8-15)19(23)27-20(4,5)6/h7,11-13H,8-10H2,1-6H3/i1D3,2D3,13D. The van der Waals surface area contributed by atoms with E-state index in [1.807, 2.05) is 0 Å². The van der Waals surface area contributed by atoms with Gasteiger partial charge in [0.05, 0.1) is 12.4 Å². The number of nitro benzene ring substituents is 1. The average molecular weight is 383 g/mol. The van der Waals surface area contributed by atoms with Gasteiger partial charge in [0, 0.05) is 27.4 Å². The summed E-state index contributed by atoms with van der Waals surface area (Å²) in [6.45, 7) is 0.539. The van der Waals surface area contributed by atoms with Crippen molar-refractivity contribution in [3.8, 4) is 5.75 Å². The molecule has 0 saturated carbocycles. The van der Waals surface area contributed by atoms with E-state index in [2.05, 4.69) is 0 Å². The Balaban J connectivity index is 2.47. The molecule has 1 aliphatic rings. The average Bonchev–Trinajstić information content (AvgIpc) is 2.65. The van der Waals surface area contributed by atoms with Crippen molar-refractivity contribution in [3.05, 3.63) is 39.4 Å². The van der Waals surface area contributed by atoms with Crippen LogP contribution in [0.5, 0.6) is 5.75 Å². The Bertz CT molecular complexity index is 983. The zero-order valence-corrected chi connectivity index (χ0v) is 15.8. The molecule has 0 radical (unpaired) electrons. The number of nitro groups is 1. The summed E-state index contributed by atoms with van der Waals surface area (Å²) >= 11 is 0. The third-order valence-electron chi connectivity index (χ3n) is 3.92. The minimum atomic E-state index is -3.42. The SMILES string of the molecule is [2H]C([2H])([2H])C([2H])(Oc1cc(C2=CCN(C(=O)OC(C)(C)C)CC2)c(C)cc1[N+](=O)[O-])C([2H])([2H])[2H]. The van der Waals surface area contributed by atoms with Gasteiger partial charge in [-0.15, -0.1) is 0 Å². The second kappa shape index (κ2) is 7.98. The molecule has 0 aromatic heterocycles. The van der Waals surface area contributed by atoms with E-state index in [1.54, 1.807) is 33.8 Å². The summed E-state index contributed by atoms with van der Waals surface area (Å²) in [5, 5.41) is 11.6. The van der Waals surface area contributed by atoms with Crippen molar-refractivity contribution in [3.63, 3.8) is 0 Å². The van der Waals surface area contributed by atoms with Crippen LogP contribution in [0.2, 0.25) is 0 Å². The molecule has 0 unspecified atom stereocenters. The zero-order valence-electron chi connectivity index (χ0n) is 22.8. The highest BCUT2D eigenvalue weighted by Gasteiger charge is 2.26. The van der Waals surface area contributed by atoms with Crippen LogP contribution in [0.15, 0.2) is 18.2 Å². The van der Waals surface area contributed by atoms with E-state index in [4.69, 9.17) is 19.1 Å². The van der Waals surface area contributed by atoms with Gasteiger partial charge in [-0.25, -0.2) is 4.79 Å². The van der Waals surface area contributed by atoms with Crippen LogP contribution < -0.4 is 4.74 Å². The van der Waals surface area contributed by atoms with Gasteiger partial charge in [0.2, 0.25) is 0 Å². The van der Waals surface area contributed by atoms with E-state index in [1.165, 1.54) is 11.0 Å². The van der Waals surface area contributed by atoms with Crippen LogP contribution >= 0.6 is 0 Å². The van der Waals surface area contributed by atoms with Crippen LogP contribution in [0.4, 0.5) is 10.5 Å². The maximum Gasteiger partial charge on any atom is 0.410 e. The predicted octanol–water partition coefficient (Wildman–Crippen LogP) is 4.71. The van der Waals surface area contributed by atoms with Gasteiger partial charge in [-0.1, -0.05) is 6.08 Å². The lowest BCUT2D eigenvalue weighted by Crippen LogP contribution is -2.39. The molecule has 0 fully saturated rings. The van der Waals surface area contributed by atoms with Gasteiger partial charge in [0.1, 0.15) is 5.60 Å². The molecule has 0 N–H and O–H groups in total. The summed E-state index contributed by atoms with van der Waals surface area (Å²) in [7, 11) is 0. The maximum atomic E-state index is 12.3. The Labute approximate surface area is 169 Å². The Kier molecular flexibility index (Phi) is 3.77. The molecule has 0 atom stereocenters. The number of aryl methyl sites for hydroxylation is 1. The Hall–Kier alpha value is -2.57. The number of amides is 1. The van der Waals surface area contributed by atoms with E-state index in [9.17, 15) is 14.9 Å². The van der Waals surface area contributed by atoms with Crippen molar-refractivity contribution in [2.75, 3.05) is 13.1 Å². The van der Waals surface area contributed by atoms with Crippen LogP contribution in [-0.4, -0.2) is 40.7 Å². The monoisotopic (exact) mass is 383 g/mol. The second-order valence-corrected chi connectivity index (χ2v) is 7.23. The molecule has 7 nitrogen and oxygen atoms in total. The summed E-state index contributed by atoms with van der Waals surface area (Å²) in [4.78, 5) is 24.5. The highest BCUT2D eigenvalue weighted by molar-refractivity contribution is 5.75. The molecule has 2 rings (SSSR count). The van der Waals surface area contributed by atoms with E-state index in [0.717, 1.165) is 6.07 Å². The van der Waals surface area contributed by atoms with Gasteiger partial charge in [0.25, 0.3) is 0 Å². The Morgan fingerprint density at radius 2 is 2.11 bits per heavy atom. The number of rotatable bonds is 4. The molecule has 1 amide bonds. The maximum absolute atomic E-state index is 12.3. The van der Waals surface area contributed by atoms with E-state index in [0.29, 0.717) is 29.7 Å². The highest BCUT2D eigenvalue weighted by Crippen LogP contribution is 2.36. The fraction of sp³-hybridized carbons (Fsp3) is 0.550. The number of carbonyl (C=O) groups excluding carboxylic acids is 1. The molecular weight excluding hydrogens is 348 g/mol. The van der Waals surface area contributed by atoms with Crippen LogP contribution in [0.3, 0.4) is 0 Å². The lowest BCUT2D eigenvalue weighted by Gasteiger charge is -2.30. The molecule has 1 aromatic rings. The van der Waals surface area contributed by atoms with Gasteiger partial charge in [-0.2, -0.15) is 0 Å². The van der Waals surface area contributed by atoms with Gasteiger partial charge in [-0.05, 0) is 70.6 Å². The number of nitrogens with zero attached hydrogens (tertiary/aromatic N) is 2. The van der Waals surface area contributed by atoms with Gasteiger partial charge in [-0.3, -0.25) is 10.1 Å². The summed E-state index contributed by atoms with van der Waals surface area (Å²) in [6.07, 6.45) is -1.82. The highest BCUT2D eigenvalue weighted by atomic mass is 16.6. The number of hydrogen-bond donors (Lipinski definition) is 0. The minimum Gasteiger partial charge on any atom is -0.484 e. The molecule has 27 heavy (non-hydrogen) atoms. The molecule has 0 spiro atoms. The first-order valence-electron chi connectivity index (χ1n) is 11.9. The van der Waals surface area contributed by atoms with Crippen molar-refractivity contribution < 1.29 is 28.8 Å². The molecule has 7 heteroatoms. The molecule has 0 aliphatic carbocycles. The molecule has 1 heterocycles. The van der Waals surface area contributed by atoms with Gasteiger partial charge in [0.15, 0.2) is 5.75 Å². The third kappa shape index (κ3) is 5.45. The van der Waals surface area contributed by atoms with Crippen LogP contribution in [0, 0.1) is 17.0 Å². The first-order valence-corrected chi connectivity index (χ1v) is 8.42. The van der Waals surface area contributed by atoms with Crippen molar-refractivity contribution in [1.29, 1.82) is 0 Å². The van der Waals surface area contributed by atoms with Gasteiger partial charge < -0.3 is 14.4 Å². The number of ether oxygens (including phenoxy) is 2. The van der Waals surface area contributed by atoms with Crippen molar-refractivity contribution in [2.45, 2.75) is 59.5 Å². The van der Waals surface area contributed by atoms with Crippen molar-refractivity contribution in [2.24, 2.45) is 0 Å². The summed E-state index contributed by atoms with van der Waals surface area (Å²) in [5.74, 6) is -0.636. The first-order chi connectivity index (χ1) is 15.3. The molecule has 148 valence electrons. The lowest BCUT2D eigenvalue weighted by atomic mass is 9.94. The third-order valence-corrected chi connectivity index (χ3v) is 3.92. The molecule has 0 saturated heterocycles. The topological polar surface area (TPSA) is 81.9 Å². The molecule has 0 bridgehead atoms. The molecule has 1 aromatic carbocycles. The Morgan fingerprint density at radius 3 is 2.63 bits per heavy atom. The zero-order chi connectivity index (χ0) is 26.3. The summed E-state index contributed by atoms with van der Waals surface area (Å²) in [6, 6.07) is 2.33. The second-order valence-electron chi connectivity index (χ2n) is 7.23. The van der Waals surface area contributed by atoms with Crippen LogP contribution in [0.25, 0.3) is 5.57 Å². The van der Waals surface area contributed by atoms with Gasteiger partial charge >= 0.3 is 11.8 Å². The lowest BCUT2D eigenvalue weighted by molar-refractivity contribution is -0.386. The summed E-state index contributed by atoms with van der Waals surface area (Å²) in [5.41, 5.74) is 0.321. The molecular formula is C20H28N2O5. The predicted molar refractivity (Wildman–Crippen MR) is 104 cm³/mol. The van der Waals surface area contributed by atoms with Crippen molar-refractivity contribution >= 4 is 17.4 Å². The van der Waals surface area contributed by atoms with Crippen LogP contribution in [0.1, 0.15) is 61.6 Å². The summed E-state index contributed by atoms with van der Waals surface area (Å²) < 4.78 is 63.6. The first kappa shape index (κ1) is 12.8. The largest absolute Gasteiger partial charge is 0.484 e. The normalized spacial score (nSPS) is 19.9. The van der Waals surface area contributed by atoms with E-state index in [-0.39, 0.29) is 6.54 Å². The molecule has 1 aliphatic heterocycles. The number of hydrogen-bond acceptors (Lipinski definition) is 5. The number of benzene rings is 1. The van der Waals surface area contributed by atoms with Crippen molar-refractivity contribution in [1.82, 2.24) is 4.90 Å². The number of carbonyl (C=O) groups is 1. The fourth-order valence-electron chi connectivity index (χ4n) is 2.76. The minimum absolute atomic E-state index is 0.212. The smallest absolute Gasteiger partial charge is 0.410 e. The van der Waals surface area contributed by atoms with Crippen LogP contribution in [-0.2, 0) is 4.74 Å². The Morgan fingerprint density at radius 1 is 1.41 bits per heavy atom. The van der Waals surface area contributed by atoms with E-state index >= 15 is 0 Å². The quantitative estimate of drug-likeness (QED) is 0.555. The fourth-order valence-corrected chi connectivity index (χ4v) is 2.76.